The second-order valence-electron chi connectivity index (χ2n) is 5.96. The van der Waals surface area contributed by atoms with E-state index in [0.29, 0.717) is 6.54 Å². The van der Waals surface area contributed by atoms with Gasteiger partial charge in [-0.25, -0.2) is 0 Å². The van der Waals surface area contributed by atoms with E-state index < -0.39 is 6.04 Å². The molecule has 1 aliphatic carbocycles. The van der Waals surface area contributed by atoms with Gasteiger partial charge in [0.05, 0.1) is 18.2 Å². The fourth-order valence-corrected chi connectivity index (χ4v) is 3.26. The minimum absolute atomic E-state index is 0.0410. The molecule has 1 unspecified atom stereocenters. The fourth-order valence-electron chi connectivity index (χ4n) is 3.26. The Hall–Kier alpha value is -1.69. The number of likely N-dealkylation sites (tertiary alicyclic amines) is 1. The average Bonchev–Trinajstić information content (AvgIpc) is 3.01. The van der Waals surface area contributed by atoms with Gasteiger partial charge in [-0.3, -0.25) is 19.8 Å². The first-order valence-electron chi connectivity index (χ1n) is 7.66. The number of carbonyl (C=O) groups is 2. The third-order valence-corrected chi connectivity index (χ3v) is 4.33. The van der Waals surface area contributed by atoms with E-state index in [4.69, 9.17) is 4.52 Å². The molecule has 0 spiro atoms. The summed E-state index contributed by atoms with van der Waals surface area (Å²) in [4.78, 5) is 26.1. The molecule has 21 heavy (non-hydrogen) atoms. The molecule has 6 nitrogen and oxygen atoms in total. The van der Waals surface area contributed by atoms with Gasteiger partial charge >= 0.3 is 0 Å². The van der Waals surface area contributed by atoms with Crippen molar-refractivity contribution in [2.24, 2.45) is 0 Å². The van der Waals surface area contributed by atoms with E-state index in [-0.39, 0.29) is 24.3 Å². The molecule has 2 aliphatic rings. The van der Waals surface area contributed by atoms with E-state index in [9.17, 15) is 9.59 Å². The summed E-state index contributed by atoms with van der Waals surface area (Å²) in [6.07, 6.45) is 5.58. The summed E-state index contributed by atoms with van der Waals surface area (Å²) in [5.74, 6) is 0.623. The van der Waals surface area contributed by atoms with Crippen molar-refractivity contribution in [1.29, 1.82) is 0 Å². The standard InChI is InChI=1S/C15H21N3O3/c1-10-7-11(17-21-10)9-16-13-8-14(19)18(15(13)20)12-5-3-2-4-6-12/h7,12-13,16H,2-6,8-9H2,1H3. The van der Waals surface area contributed by atoms with Crippen LogP contribution in [0.25, 0.3) is 0 Å². The molecule has 1 atom stereocenters. The first-order valence-corrected chi connectivity index (χ1v) is 7.66. The quantitative estimate of drug-likeness (QED) is 0.852. The highest BCUT2D eigenvalue weighted by Gasteiger charge is 2.42. The monoisotopic (exact) mass is 291 g/mol. The molecule has 1 aromatic rings. The van der Waals surface area contributed by atoms with Crippen LogP contribution >= 0.6 is 0 Å². The Labute approximate surface area is 123 Å². The summed E-state index contributed by atoms with van der Waals surface area (Å²) in [7, 11) is 0. The van der Waals surface area contributed by atoms with Crippen LogP contribution in [-0.4, -0.2) is 34.0 Å². The van der Waals surface area contributed by atoms with Crippen LogP contribution in [0.1, 0.15) is 50.0 Å². The highest BCUT2D eigenvalue weighted by molar-refractivity contribution is 6.05. The van der Waals surface area contributed by atoms with Crippen LogP contribution in [0.4, 0.5) is 0 Å². The van der Waals surface area contributed by atoms with E-state index in [2.05, 4.69) is 10.5 Å². The van der Waals surface area contributed by atoms with Crippen molar-refractivity contribution in [2.45, 2.75) is 64.1 Å². The maximum absolute atomic E-state index is 12.4. The Kier molecular flexibility index (Phi) is 4.05. The molecule has 3 rings (SSSR count). The van der Waals surface area contributed by atoms with Crippen LogP contribution in [0, 0.1) is 6.92 Å². The van der Waals surface area contributed by atoms with Crippen LogP contribution in [0.2, 0.25) is 0 Å². The average molecular weight is 291 g/mol. The Bertz CT molecular complexity index is 534. The Morgan fingerprint density at radius 3 is 2.76 bits per heavy atom. The summed E-state index contributed by atoms with van der Waals surface area (Å²) in [5, 5.41) is 7.01. The van der Waals surface area contributed by atoms with E-state index in [1.54, 1.807) is 0 Å². The molecule has 1 saturated heterocycles. The molecule has 6 heteroatoms. The van der Waals surface area contributed by atoms with E-state index in [1.165, 1.54) is 11.3 Å². The summed E-state index contributed by atoms with van der Waals surface area (Å²) < 4.78 is 4.99. The van der Waals surface area contributed by atoms with Gasteiger partial charge in [-0.05, 0) is 19.8 Å². The van der Waals surface area contributed by atoms with Gasteiger partial charge in [0.1, 0.15) is 5.76 Å². The summed E-state index contributed by atoms with van der Waals surface area (Å²) >= 11 is 0. The van der Waals surface area contributed by atoms with Crippen molar-refractivity contribution in [3.05, 3.63) is 17.5 Å². The molecular weight excluding hydrogens is 270 g/mol. The van der Waals surface area contributed by atoms with Crippen molar-refractivity contribution in [1.82, 2.24) is 15.4 Å². The maximum Gasteiger partial charge on any atom is 0.247 e. The zero-order chi connectivity index (χ0) is 14.8. The highest BCUT2D eigenvalue weighted by atomic mass is 16.5. The van der Waals surface area contributed by atoms with Crippen molar-refractivity contribution in [3.8, 4) is 0 Å². The third kappa shape index (κ3) is 3.00. The van der Waals surface area contributed by atoms with Gasteiger partial charge in [0, 0.05) is 18.7 Å². The van der Waals surface area contributed by atoms with Crippen LogP contribution in [-0.2, 0) is 16.1 Å². The lowest BCUT2D eigenvalue weighted by Gasteiger charge is -2.29. The van der Waals surface area contributed by atoms with Crippen LogP contribution in [0.15, 0.2) is 10.6 Å². The van der Waals surface area contributed by atoms with Gasteiger partial charge in [-0.2, -0.15) is 0 Å². The summed E-state index contributed by atoms with van der Waals surface area (Å²) in [6.45, 7) is 2.27. The number of hydrogen-bond acceptors (Lipinski definition) is 5. The number of aromatic nitrogens is 1. The smallest absolute Gasteiger partial charge is 0.247 e. The van der Waals surface area contributed by atoms with Crippen molar-refractivity contribution >= 4 is 11.8 Å². The lowest BCUT2D eigenvalue weighted by molar-refractivity contribution is -0.142. The largest absolute Gasteiger partial charge is 0.361 e. The normalized spacial score (nSPS) is 24.0. The minimum atomic E-state index is -0.420. The van der Waals surface area contributed by atoms with Gasteiger partial charge in [-0.1, -0.05) is 24.4 Å². The fraction of sp³-hybridized carbons (Fsp3) is 0.667. The van der Waals surface area contributed by atoms with Gasteiger partial charge in [-0.15, -0.1) is 0 Å². The van der Waals surface area contributed by atoms with E-state index in [0.717, 1.165) is 37.1 Å². The van der Waals surface area contributed by atoms with E-state index in [1.807, 2.05) is 13.0 Å². The SMILES string of the molecule is Cc1cc(CNC2CC(=O)N(C3CCCCC3)C2=O)no1. The van der Waals surface area contributed by atoms with Gasteiger partial charge in [0.15, 0.2) is 0 Å². The Morgan fingerprint density at radius 1 is 1.33 bits per heavy atom. The first kappa shape index (κ1) is 14.3. The number of carbonyl (C=O) groups excluding carboxylic acids is 2. The first-order chi connectivity index (χ1) is 10.1. The zero-order valence-electron chi connectivity index (χ0n) is 12.3. The minimum Gasteiger partial charge on any atom is -0.361 e. The number of amides is 2. The summed E-state index contributed by atoms with van der Waals surface area (Å²) in [6, 6.07) is 1.52. The van der Waals surface area contributed by atoms with E-state index >= 15 is 0 Å². The number of nitrogens with zero attached hydrogens (tertiary/aromatic N) is 2. The molecule has 1 aliphatic heterocycles. The maximum atomic E-state index is 12.4. The number of aryl methyl sites for hydroxylation is 1. The topological polar surface area (TPSA) is 75.4 Å². The molecule has 1 aromatic heterocycles. The lowest BCUT2D eigenvalue weighted by atomic mass is 9.94. The predicted octanol–water partition coefficient (Wildman–Crippen LogP) is 1.53. The zero-order valence-corrected chi connectivity index (χ0v) is 12.3. The Morgan fingerprint density at radius 2 is 2.10 bits per heavy atom. The lowest BCUT2D eigenvalue weighted by Crippen LogP contribution is -2.44. The molecular formula is C15H21N3O3. The molecule has 0 bridgehead atoms. The predicted molar refractivity (Wildman–Crippen MR) is 75.2 cm³/mol. The van der Waals surface area contributed by atoms with Crippen LogP contribution < -0.4 is 5.32 Å². The molecule has 2 fully saturated rings. The molecule has 0 radical (unpaired) electrons. The van der Waals surface area contributed by atoms with Crippen molar-refractivity contribution in [2.75, 3.05) is 0 Å². The number of rotatable bonds is 4. The molecule has 1 N–H and O–H groups in total. The molecule has 2 amide bonds. The van der Waals surface area contributed by atoms with Crippen LogP contribution in [0.3, 0.4) is 0 Å². The van der Waals surface area contributed by atoms with Crippen molar-refractivity contribution in [3.63, 3.8) is 0 Å². The molecule has 0 aromatic carbocycles. The second-order valence-corrected chi connectivity index (χ2v) is 5.96. The molecule has 114 valence electrons. The number of nitrogens with one attached hydrogen (secondary N) is 1. The number of imide groups is 1. The second kappa shape index (κ2) is 5.97. The van der Waals surface area contributed by atoms with Gasteiger partial charge in [0.2, 0.25) is 11.8 Å². The molecule has 2 heterocycles. The number of hydrogen-bond donors (Lipinski definition) is 1. The Balaban J connectivity index is 1.60. The van der Waals surface area contributed by atoms with Gasteiger partial charge < -0.3 is 4.52 Å². The van der Waals surface area contributed by atoms with Gasteiger partial charge in [0.25, 0.3) is 0 Å². The summed E-state index contributed by atoms with van der Waals surface area (Å²) in [5.41, 5.74) is 0.754. The third-order valence-electron chi connectivity index (χ3n) is 4.33. The van der Waals surface area contributed by atoms with Crippen LogP contribution in [0.5, 0.6) is 0 Å². The van der Waals surface area contributed by atoms with Crippen molar-refractivity contribution < 1.29 is 14.1 Å². The highest BCUT2D eigenvalue weighted by Crippen LogP contribution is 2.27. The molecule has 1 saturated carbocycles.